The quantitative estimate of drug-likeness (QED) is 0.623. The highest BCUT2D eigenvalue weighted by atomic mass is 16.6. The lowest BCUT2D eigenvalue weighted by atomic mass is 9.61. The van der Waals surface area contributed by atoms with E-state index < -0.39 is 11.0 Å². The van der Waals surface area contributed by atoms with Gasteiger partial charge in [0.25, 0.3) is 0 Å². The summed E-state index contributed by atoms with van der Waals surface area (Å²) >= 11 is 0. The fourth-order valence-corrected chi connectivity index (χ4v) is 4.54. The topological polar surface area (TPSA) is 52.6 Å². The number of hydrogen-bond acceptors (Lipinski definition) is 4. The molecule has 0 aromatic heterocycles. The van der Waals surface area contributed by atoms with Crippen LogP contribution in [0.2, 0.25) is 0 Å². The Morgan fingerprint density at radius 3 is 2.08 bits per heavy atom. The summed E-state index contributed by atoms with van der Waals surface area (Å²) < 4.78 is 11.9. The van der Waals surface area contributed by atoms with Gasteiger partial charge in [0.2, 0.25) is 0 Å². The largest absolute Gasteiger partial charge is 0.458 e. The molecule has 0 spiro atoms. The van der Waals surface area contributed by atoms with Crippen molar-refractivity contribution >= 4 is 11.9 Å². The normalized spacial score (nSPS) is 26.1. The summed E-state index contributed by atoms with van der Waals surface area (Å²) in [6.07, 6.45) is 6.36. The molecule has 2 fully saturated rings. The molecule has 0 bridgehead atoms. The molecule has 4 nitrogen and oxygen atoms in total. The van der Waals surface area contributed by atoms with Crippen LogP contribution in [0, 0.1) is 16.2 Å². The van der Waals surface area contributed by atoms with Crippen molar-refractivity contribution in [2.75, 3.05) is 0 Å². The van der Waals surface area contributed by atoms with Crippen LogP contribution in [0.4, 0.5) is 0 Å². The molecule has 0 amide bonds. The van der Waals surface area contributed by atoms with E-state index in [0.29, 0.717) is 12.8 Å². The zero-order valence-corrected chi connectivity index (χ0v) is 17.9. The van der Waals surface area contributed by atoms with Crippen molar-refractivity contribution < 1.29 is 19.1 Å². The van der Waals surface area contributed by atoms with Crippen LogP contribution in [0.3, 0.4) is 0 Å². The van der Waals surface area contributed by atoms with E-state index in [4.69, 9.17) is 9.47 Å². The third-order valence-corrected chi connectivity index (χ3v) is 6.46. The number of cyclic esters (lactones) is 1. The molecule has 2 aliphatic rings. The smallest absolute Gasteiger partial charge is 0.313 e. The highest BCUT2D eigenvalue weighted by Gasteiger charge is 2.53. The van der Waals surface area contributed by atoms with Crippen molar-refractivity contribution in [3.05, 3.63) is 0 Å². The van der Waals surface area contributed by atoms with Gasteiger partial charge in [-0.15, -0.1) is 0 Å². The van der Waals surface area contributed by atoms with Crippen LogP contribution in [-0.4, -0.2) is 23.6 Å². The molecule has 26 heavy (non-hydrogen) atoms. The van der Waals surface area contributed by atoms with E-state index in [1.807, 2.05) is 6.92 Å². The van der Waals surface area contributed by atoms with Gasteiger partial charge in [-0.25, -0.2) is 0 Å². The van der Waals surface area contributed by atoms with Gasteiger partial charge < -0.3 is 9.47 Å². The molecular formula is C22H38O4. The van der Waals surface area contributed by atoms with Crippen molar-refractivity contribution in [2.45, 2.75) is 112 Å². The number of carbonyl (C=O) groups excluding carboxylic acids is 2. The molecule has 0 aromatic carbocycles. The molecule has 0 radical (unpaired) electrons. The Labute approximate surface area is 159 Å². The average Bonchev–Trinajstić information content (AvgIpc) is 2.92. The average molecular weight is 367 g/mol. The number of ether oxygens (including phenoxy) is 2. The van der Waals surface area contributed by atoms with E-state index in [0.717, 1.165) is 38.5 Å². The summed E-state index contributed by atoms with van der Waals surface area (Å²) in [5, 5.41) is 0. The second-order valence-corrected chi connectivity index (χ2v) is 10.9. The standard InChI is InChI=1S/C22H38O4/c1-19(2,3)15-21(7,20(4,5)6)18(24)26-22(13-9-8-10-14-22)16-11-12-17(23)25-16/h16H,8-15H2,1-7H3. The highest BCUT2D eigenvalue weighted by molar-refractivity contribution is 5.78. The summed E-state index contributed by atoms with van der Waals surface area (Å²) in [6, 6.07) is 0. The molecule has 2 unspecified atom stereocenters. The summed E-state index contributed by atoms with van der Waals surface area (Å²) in [5.41, 5.74) is -1.44. The second kappa shape index (κ2) is 7.16. The lowest BCUT2D eigenvalue weighted by Crippen LogP contribution is -2.53. The molecule has 1 saturated heterocycles. The zero-order chi connectivity index (χ0) is 19.8. The number of carbonyl (C=O) groups is 2. The summed E-state index contributed by atoms with van der Waals surface area (Å²) in [5.74, 6) is -0.297. The molecule has 1 saturated carbocycles. The molecule has 1 aliphatic carbocycles. The van der Waals surface area contributed by atoms with Crippen LogP contribution in [0.15, 0.2) is 0 Å². The van der Waals surface area contributed by atoms with Crippen LogP contribution >= 0.6 is 0 Å². The fourth-order valence-electron chi connectivity index (χ4n) is 4.54. The minimum absolute atomic E-state index is 0.0145. The highest BCUT2D eigenvalue weighted by Crippen LogP contribution is 2.50. The number of rotatable bonds is 4. The minimum atomic E-state index is -0.633. The van der Waals surface area contributed by atoms with E-state index >= 15 is 0 Å². The Bertz CT molecular complexity index is 531. The van der Waals surface area contributed by atoms with Crippen LogP contribution in [0.25, 0.3) is 0 Å². The van der Waals surface area contributed by atoms with Gasteiger partial charge in [0.1, 0.15) is 11.7 Å². The first kappa shape index (κ1) is 21.2. The van der Waals surface area contributed by atoms with Crippen molar-refractivity contribution in [3.63, 3.8) is 0 Å². The Kier molecular flexibility index (Phi) is 5.85. The maximum Gasteiger partial charge on any atom is 0.313 e. The molecule has 0 N–H and O–H groups in total. The Balaban J connectivity index is 2.30. The van der Waals surface area contributed by atoms with Gasteiger partial charge in [-0.3, -0.25) is 9.59 Å². The maximum atomic E-state index is 13.5. The van der Waals surface area contributed by atoms with E-state index in [1.165, 1.54) is 0 Å². The number of esters is 2. The van der Waals surface area contributed by atoms with Crippen molar-refractivity contribution in [3.8, 4) is 0 Å². The lowest BCUT2D eigenvalue weighted by Gasteiger charge is -2.47. The van der Waals surface area contributed by atoms with E-state index in [1.54, 1.807) is 0 Å². The summed E-state index contributed by atoms with van der Waals surface area (Å²) in [4.78, 5) is 25.2. The van der Waals surface area contributed by atoms with Crippen LogP contribution in [0.1, 0.15) is 99.8 Å². The second-order valence-electron chi connectivity index (χ2n) is 10.9. The van der Waals surface area contributed by atoms with Gasteiger partial charge in [-0.05, 0) is 56.3 Å². The molecule has 4 heteroatoms. The van der Waals surface area contributed by atoms with E-state index in [2.05, 4.69) is 41.5 Å². The minimum Gasteiger partial charge on any atom is -0.458 e. The van der Waals surface area contributed by atoms with E-state index in [-0.39, 0.29) is 28.9 Å². The van der Waals surface area contributed by atoms with Gasteiger partial charge in [0, 0.05) is 6.42 Å². The van der Waals surface area contributed by atoms with Gasteiger partial charge >= 0.3 is 11.9 Å². The summed E-state index contributed by atoms with van der Waals surface area (Å²) in [6.45, 7) is 14.9. The third-order valence-electron chi connectivity index (χ3n) is 6.46. The summed E-state index contributed by atoms with van der Waals surface area (Å²) in [7, 11) is 0. The number of hydrogen-bond donors (Lipinski definition) is 0. The Morgan fingerprint density at radius 1 is 1.08 bits per heavy atom. The monoisotopic (exact) mass is 366 g/mol. The van der Waals surface area contributed by atoms with Crippen molar-refractivity contribution in [1.82, 2.24) is 0 Å². The first-order valence-electron chi connectivity index (χ1n) is 10.2. The maximum absolute atomic E-state index is 13.5. The van der Waals surface area contributed by atoms with Crippen molar-refractivity contribution in [2.24, 2.45) is 16.2 Å². The predicted molar refractivity (Wildman–Crippen MR) is 103 cm³/mol. The SMILES string of the molecule is CC(C)(C)CC(C)(C(=O)OC1(C2CCC(=O)O2)CCCCC1)C(C)(C)C. The van der Waals surface area contributed by atoms with Crippen LogP contribution < -0.4 is 0 Å². The van der Waals surface area contributed by atoms with Gasteiger partial charge in [-0.1, -0.05) is 48.0 Å². The fraction of sp³-hybridized carbons (Fsp3) is 0.909. The first-order valence-corrected chi connectivity index (χ1v) is 10.2. The lowest BCUT2D eigenvalue weighted by molar-refractivity contribution is -0.201. The van der Waals surface area contributed by atoms with Gasteiger partial charge in [0.15, 0.2) is 0 Å². The van der Waals surface area contributed by atoms with E-state index in [9.17, 15) is 9.59 Å². The molecule has 0 aromatic rings. The molecule has 150 valence electrons. The Morgan fingerprint density at radius 2 is 1.65 bits per heavy atom. The Hall–Kier alpha value is -1.06. The molecule has 1 heterocycles. The third kappa shape index (κ3) is 4.43. The van der Waals surface area contributed by atoms with Gasteiger partial charge in [0.05, 0.1) is 5.41 Å². The van der Waals surface area contributed by atoms with Crippen LogP contribution in [0.5, 0.6) is 0 Å². The zero-order valence-electron chi connectivity index (χ0n) is 17.9. The molecular weight excluding hydrogens is 328 g/mol. The van der Waals surface area contributed by atoms with Crippen molar-refractivity contribution in [1.29, 1.82) is 0 Å². The van der Waals surface area contributed by atoms with Crippen LogP contribution in [-0.2, 0) is 19.1 Å². The first-order chi connectivity index (χ1) is 11.8. The predicted octanol–water partition coefficient (Wildman–Crippen LogP) is 5.43. The van der Waals surface area contributed by atoms with Gasteiger partial charge in [-0.2, -0.15) is 0 Å². The molecule has 1 aliphatic heterocycles. The molecule has 2 atom stereocenters. The molecule has 2 rings (SSSR count).